The number of rotatable bonds is 2. The van der Waals surface area contributed by atoms with Gasteiger partial charge in [-0.05, 0) is 29.0 Å². The molecule has 0 spiro atoms. The second-order valence-corrected chi connectivity index (χ2v) is 3.64. The van der Waals surface area contributed by atoms with Crippen molar-refractivity contribution in [3.63, 3.8) is 0 Å². The van der Waals surface area contributed by atoms with Gasteiger partial charge in [0.25, 0.3) is 0 Å². The first-order valence-electron chi connectivity index (χ1n) is 5.35. The van der Waals surface area contributed by atoms with Crippen molar-refractivity contribution in [3.8, 4) is 11.8 Å². The first kappa shape index (κ1) is 9.78. The third-order valence-electron chi connectivity index (χ3n) is 2.47. The standard InChI is InChI=1S/C14H10N2O/c1-2-5-12-10-13(7-6-11(12)4-1)17-14-15-8-3-9-16-14/h1-10H. The van der Waals surface area contributed by atoms with E-state index in [0.717, 1.165) is 11.1 Å². The van der Waals surface area contributed by atoms with Crippen molar-refractivity contribution in [2.45, 2.75) is 0 Å². The maximum Gasteiger partial charge on any atom is 0.321 e. The van der Waals surface area contributed by atoms with Gasteiger partial charge >= 0.3 is 6.01 Å². The Balaban J connectivity index is 1.96. The molecule has 0 bridgehead atoms. The fraction of sp³-hybridized carbons (Fsp3) is 0. The molecule has 0 amide bonds. The summed E-state index contributed by atoms with van der Waals surface area (Å²) in [5, 5.41) is 2.33. The fourth-order valence-electron chi connectivity index (χ4n) is 1.67. The lowest BCUT2D eigenvalue weighted by Crippen LogP contribution is -1.89. The van der Waals surface area contributed by atoms with Gasteiger partial charge in [0.1, 0.15) is 5.75 Å². The Kier molecular flexibility index (Phi) is 2.43. The van der Waals surface area contributed by atoms with E-state index in [9.17, 15) is 0 Å². The van der Waals surface area contributed by atoms with E-state index in [1.807, 2.05) is 36.4 Å². The number of aromatic nitrogens is 2. The highest BCUT2D eigenvalue weighted by molar-refractivity contribution is 5.83. The van der Waals surface area contributed by atoms with Crippen molar-refractivity contribution < 1.29 is 4.74 Å². The number of nitrogens with zero attached hydrogens (tertiary/aromatic N) is 2. The Morgan fingerprint density at radius 3 is 2.35 bits per heavy atom. The molecule has 0 N–H and O–H groups in total. The zero-order valence-electron chi connectivity index (χ0n) is 9.08. The Hall–Kier alpha value is -2.42. The van der Waals surface area contributed by atoms with Crippen LogP contribution in [-0.2, 0) is 0 Å². The molecule has 1 heterocycles. The molecular formula is C14H10N2O. The molecule has 3 aromatic rings. The van der Waals surface area contributed by atoms with Crippen molar-refractivity contribution in [2.24, 2.45) is 0 Å². The third kappa shape index (κ3) is 2.08. The van der Waals surface area contributed by atoms with Crippen LogP contribution in [0.25, 0.3) is 10.8 Å². The molecule has 0 fully saturated rings. The molecule has 3 heteroatoms. The summed E-state index contributed by atoms with van der Waals surface area (Å²) in [5.74, 6) is 0.745. The number of ether oxygens (including phenoxy) is 1. The topological polar surface area (TPSA) is 35.0 Å². The fourth-order valence-corrected chi connectivity index (χ4v) is 1.67. The predicted octanol–water partition coefficient (Wildman–Crippen LogP) is 3.42. The summed E-state index contributed by atoms with van der Waals surface area (Å²) >= 11 is 0. The predicted molar refractivity (Wildman–Crippen MR) is 66.1 cm³/mol. The van der Waals surface area contributed by atoms with Crippen LogP contribution in [0.3, 0.4) is 0 Å². The lowest BCUT2D eigenvalue weighted by Gasteiger charge is -2.04. The van der Waals surface area contributed by atoms with E-state index in [4.69, 9.17) is 4.74 Å². The average molecular weight is 222 g/mol. The van der Waals surface area contributed by atoms with Crippen LogP contribution in [0.15, 0.2) is 60.9 Å². The van der Waals surface area contributed by atoms with Crippen LogP contribution in [-0.4, -0.2) is 9.97 Å². The van der Waals surface area contributed by atoms with E-state index in [2.05, 4.69) is 16.0 Å². The Morgan fingerprint density at radius 1 is 0.765 bits per heavy atom. The maximum atomic E-state index is 5.56. The van der Waals surface area contributed by atoms with Gasteiger partial charge in [0.05, 0.1) is 0 Å². The molecule has 0 radical (unpaired) electrons. The molecule has 0 aliphatic carbocycles. The van der Waals surface area contributed by atoms with E-state index in [1.54, 1.807) is 18.5 Å². The smallest absolute Gasteiger partial charge is 0.321 e. The van der Waals surface area contributed by atoms with Gasteiger partial charge in [0.2, 0.25) is 0 Å². The molecule has 0 unspecified atom stereocenters. The van der Waals surface area contributed by atoms with Crippen LogP contribution in [0.1, 0.15) is 0 Å². The summed E-state index contributed by atoms with van der Waals surface area (Å²) in [5.41, 5.74) is 0. The summed E-state index contributed by atoms with van der Waals surface area (Å²) < 4.78 is 5.56. The van der Waals surface area contributed by atoms with Crippen molar-refractivity contribution in [2.75, 3.05) is 0 Å². The van der Waals surface area contributed by atoms with Crippen LogP contribution in [0.2, 0.25) is 0 Å². The maximum absolute atomic E-state index is 5.56. The van der Waals surface area contributed by atoms with Gasteiger partial charge in [-0.1, -0.05) is 30.3 Å². The first-order chi connectivity index (χ1) is 8.42. The Bertz CT molecular complexity index is 638. The first-order valence-corrected chi connectivity index (χ1v) is 5.35. The molecule has 0 aliphatic rings. The van der Waals surface area contributed by atoms with E-state index in [0.29, 0.717) is 6.01 Å². The number of fused-ring (bicyclic) bond motifs is 1. The summed E-state index contributed by atoms with van der Waals surface area (Å²) in [6.07, 6.45) is 3.31. The normalized spacial score (nSPS) is 10.4. The summed E-state index contributed by atoms with van der Waals surface area (Å²) in [6, 6.07) is 16.2. The van der Waals surface area contributed by atoms with Gasteiger partial charge in [-0.2, -0.15) is 0 Å². The molecule has 0 saturated carbocycles. The largest absolute Gasteiger partial charge is 0.424 e. The average Bonchev–Trinajstić information content (AvgIpc) is 2.40. The summed E-state index contributed by atoms with van der Waals surface area (Å²) in [6.45, 7) is 0. The molecule has 0 aliphatic heterocycles. The second kappa shape index (κ2) is 4.22. The summed E-state index contributed by atoms with van der Waals surface area (Å²) in [4.78, 5) is 8.04. The van der Waals surface area contributed by atoms with Crippen LogP contribution in [0.4, 0.5) is 0 Å². The van der Waals surface area contributed by atoms with Crippen molar-refractivity contribution in [1.82, 2.24) is 9.97 Å². The SMILES string of the molecule is c1cnc(Oc2ccc3ccccc3c2)nc1. The van der Waals surface area contributed by atoms with Gasteiger partial charge in [-0.25, -0.2) is 9.97 Å². The quantitative estimate of drug-likeness (QED) is 0.666. The van der Waals surface area contributed by atoms with Crippen molar-refractivity contribution in [3.05, 3.63) is 60.9 Å². The third-order valence-corrected chi connectivity index (χ3v) is 2.47. The van der Waals surface area contributed by atoms with Gasteiger partial charge < -0.3 is 4.74 Å². The number of benzene rings is 2. The van der Waals surface area contributed by atoms with E-state index >= 15 is 0 Å². The lowest BCUT2D eigenvalue weighted by molar-refractivity contribution is 0.442. The molecule has 3 nitrogen and oxygen atoms in total. The van der Waals surface area contributed by atoms with Gasteiger partial charge in [0, 0.05) is 12.4 Å². The Labute approximate surface area is 98.7 Å². The van der Waals surface area contributed by atoms with Gasteiger partial charge in [-0.15, -0.1) is 0 Å². The minimum absolute atomic E-state index is 0.364. The van der Waals surface area contributed by atoms with E-state index < -0.39 is 0 Å². The van der Waals surface area contributed by atoms with Gasteiger partial charge in [-0.3, -0.25) is 0 Å². The molecule has 0 atom stereocenters. The molecule has 0 saturated heterocycles. The van der Waals surface area contributed by atoms with Crippen molar-refractivity contribution >= 4 is 10.8 Å². The minimum Gasteiger partial charge on any atom is -0.424 e. The van der Waals surface area contributed by atoms with Crippen molar-refractivity contribution in [1.29, 1.82) is 0 Å². The highest BCUT2D eigenvalue weighted by atomic mass is 16.5. The van der Waals surface area contributed by atoms with Crippen LogP contribution >= 0.6 is 0 Å². The van der Waals surface area contributed by atoms with Gasteiger partial charge in [0.15, 0.2) is 0 Å². The highest BCUT2D eigenvalue weighted by Gasteiger charge is 2.00. The Morgan fingerprint density at radius 2 is 1.53 bits per heavy atom. The summed E-state index contributed by atoms with van der Waals surface area (Å²) in [7, 11) is 0. The van der Waals surface area contributed by atoms with Crippen LogP contribution in [0, 0.1) is 0 Å². The number of hydrogen-bond acceptors (Lipinski definition) is 3. The molecule has 1 aromatic heterocycles. The second-order valence-electron chi connectivity index (χ2n) is 3.64. The molecule has 2 aromatic carbocycles. The zero-order chi connectivity index (χ0) is 11.5. The van der Waals surface area contributed by atoms with E-state index in [1.165, 1.54) is 5.39 Å². The molecule has 3 rings (SSSR count). The highest BCUT2D eigenvalue weighted by Crippen LogP contribution is 2.23. The minimum atomic E-state index is 0.364. The monoisotopic (exact) mass is 222 g/mol. The molecular weight excluding hydrogens is 212 g/mol. The zero-order valence-corrected chi connectivity index (χ0v) is 9.08. The van der Waals surface area contributed by atoms with Crippen LogP contribution in [0.5, 0.6) is 11.8 Å². The molecule has 82 valence electrons. The number of hydrogen-bond donors (Lipinski definition) is 0. The molecule has 17 heavy (non-hydrogen) atoms. The lowest BCUT2D eigenvalue weighted by atomic mass is 10.1. The van der Waals surface area contributed by atoms with Crippen LogP contribution < -0.4 is 4.74 Å². The van der Waals surface area contributed by atoms with E-state index in [-0.39, 0.29) is 0 Å².